The molecule has 1 aromatic heterocycles. The number of amides is 1. The lowest BCUT2D eigenvalue weighted by atomic mass is 9.74. The van der Waals surface area contributed by atoms with Crippen molar-refractivity contribution in [3.8, 4) is 36.2 Å². The molecular weight excluding hydrogens is 677 g/mol. The number of ether oxygens (including phenoxy) is 1. The van der Waals surface area contributed by atoms with E-state index in [2.05, 4.69) is 106 Å². The number of rotatable bonds is 17. The Labute approximate surface area is 318 Å². The zero-order valence-corrected chi connectivity index (χ0v) is 31.5. The molecule has 6 rings (SSSR count). The van der Waals surface area contributed by atoms with E-state index in [4.69, 9.17) is 23.1 Å². The number of fused-ring (bicyclic) bond motifs is 6. The highest BCUT2D eigenvalue weighted by molar-refractivity contribution is 6.02. The van der Waals surface area contributed by atoms with Gasteiger partial charge in [-0.25, -0.2) is 5.53 Å². The van der Waals surface area contributed by atoms with Crippen molar-refractivity contribution in [3.63, 3.8) is 0 Å². The highest BCUT2D eigenvalue weighted by Crippen LogP contribution is 2.58. The SMILES string of the molecule is C#CCN(CC#C)Cc1cn(CCN/C=C(/CN2C(=O)c3ccccc3C23c2ccc(N(CC)CC)cc2Oc2cc(N(CC)CC)ccc23)N=N)nn1. The van der Waals surface area contributed by atoms with Gasteiger partial charge in [-0.3, -0.25) is 14.4 Å². The van der Waals surface area contributed by atoms with Crippen LogP contribution in [0.2, 0.25) is 0 Å². The second-order valence-electron chi connectivity index (χ2n) is 13.2. The second kappa shape index (κ2) is 16.7. The molecule has 0 atom stereocenters. The van der Waals surface area contributed by atoms with Gasteiger partial charge in [0.05, 0.1) is 37.6 Å². The van der Waals surface area contributed by atoms with E-state index in [0.29, 0.717) is 55.5 Å². The minimum atomic E-state index is -1.03. The lowest BCUT2D eigenvalue weighted by Crippen LogP contribution is -2.48. The first-order valence-electron chi connectivity index (χ1n) is 18.5. The van der Waals surface area contributed by atoms with E-state index < -0.39 is 5.54 Å². The average molecular weight is 725 g/mol. The molecule has 2 aliphatic heterocycles. The maximum Gasteiger partial charge on any atom is 0.255 e. The van der Waals surface area contributed by atoms with Crippen LogP contribution in [0.4, 0.5) is 11.4 Å². The third-order valence-electron chi connectivity index (χ3n) is 10.2. The van der Waals surface area contributed by atoms with Crippen LogP contribution >= 0.6 is 0 Å². The van der Waals surface area contributed by atoms with Crippen LogP contribution in [0, 0.1) is 30.2 Å². The van der Waals surface area contributed by atoms with E-state index in [1.165, 1.54) is 0 Å². The fourth-order valence-electron chi connectivity index (χ4n) is 7.64. The van der Waals surface area contributed by atoms with Crippen molar-refractivity contribution in [2.45, 2.75) is 46.3 Å². The molecule has 1 amide bonds. The van der Waals surface area contributed by atoms with Crippen LogP contribution in [0.25, 0.3) is 0 Å². The maximum absolute atomic E-state index is 14.6. The Balaban J connectivity index is 1.35. The first-order valence-corrected chi connectivity index (χ1v) is 18.5. The number of anilines is 2. The first kappa shape index (κ1) is 37.6. The average Bonchev–Trinajstić information content (AvgIpc) is 3.73. The van der Waals surface area contributed by atoms with Crippen molar-refractivity contribution in [2.75, 3.05) is 62.2 Å². The summed E-state index contributed by atoms with van der Waals surface area (Å²) >= 11 is 0. The molecule has 1 spiro atoms. The predicted molar refractivity (Wildman–Crippen MR) is 212 cm³/mol. The van der Waals surface area contributed by atoms with E-state index in [9.17, 15) is 4.79 Å². The van der Waals surface area contributed by atoms with Gasteiger partial charge in [-0.1, -0.05) is 47.4 Å². The normalized spacial score (nSPS) is 13.8. The molecule has 0 unspecified atom stereocenters. The van der Waals surface area contributed by atoms with Crippen LogP contribution in [0.15, 0.2) is 83.9 Å². The Morgan fingerprint density at radius 1 is 0.926 bits per heavy atom. The summed E-state index contributed by atoms with van der Waals surface area (Å²) in [4.78, 5) is 23.0. The molecule has 54 heavy (non-hydrogen) atoms. The fraction of sp³-hybridized carbons (Fsp3) is 0.357. The summed E-state index contributed by atoms with van der Waals surface area (Å²) in [7, 11) is 0. The number of hydrogen-bond donors (Lipinski definition) is 2. The van der Waals surface area contributed by atoms with Crippen molar-refractivity contribution in [1.29, 1.82) is 5.53 Å². The Morgan fingerprint density at radius 2 is 1.54 bits per heavy atom. The molecule has 2 aliphatic rings. The number of nitrogens with one attached hydrogen (secondary N) is 2. The van der Waals surface area contributed by atoms with Gasteiger partial charge in [0.25, 0.3) is 5.91 Å². The molecule has 0 aliphatic carbocycles. The van der Waals surface area contributed by atoms with Crippen molar-refractivity contribution in [2.24, 2.45) is 5.11 Å². The standard InChI is InChI=1S/C42H48N10O2/c1-7-22-48(23-8-2)28-32-29-51(47-46-32)24-21-44-27-31(45-43)30-52-41(53)35-15-13-14-16-36(35)42(52)37-19-17-33(49(9-3)10-4)25-39(37)54-40-26-34(18-20-38(40)42)50(11-5)12-6/h1-2,13-20,25-27,29,43-44H,9-12,21-24,28,30H2,3-6H3/b31-27-,45-43?. The summed E-state index contributed by atoms with van der Waals surface area (Å²) in [5.74, 6) is 6.49. The molecule has 12 heteroatoms. The Bertz CT molecular complexity index is 2020. The summed E-state index contributed by atoms with van der Waals surface area (Å²) in [6.45, 7) is 14.4. The van der Waals surface area contributed by atoms with Gasteiger partial charge in [-0.15, -0.1) is 17.9 Å². The Kier molecular flexibility index (Phi) is 11.6. The maximum atomic E-state index is 14.6. The van der Waals surface area contributed by atoms with Crippen molar-refractivity contribution in [3.05, 3.63) is 107 Å². The second-order valence-corrected chi connectivity index (χ2v) is 13.2. The highest BCUT2D eigenvalue weighted by Gasteiger charge is 2.56. The van der Waals surface area contributed by atoms with Gasteiger partial charge in [0.1, 0.15) is 17.0 Å². The Hall–Kier alpha value is -6.11. The summed E-state index contributed by atoms with van der Waals surface area (Å²) < 4.78 is 8.55. The number of aromatic nitrogens is 3. The van der Waals surface area contributed by atoms with E-state index in [0.717, 1.165) is 59.9 Å². The summed E-state index contributed by atoms with van der Waals surface area (Å²) in [6, 6.07) is 20.4. The number of hydrogen-bond acceptors (Lipinski definition) is 10. The van der Waals surface area contributed by atoms with Gasteiger partial charge < -0.3 is 24.8 Å². The van der Waals surface area contributed by atoms with Gasteiger partial charge in [-0.05, 0) is 51.5 Å². The summed E-state index contributed by atoms with van der Waals surface area (Å²) in [6.07, 6.45) is 14.5. The molecule has 3 aromatic carbocycles. The molecule has 0 saturated heterocycles. The van der Waals surface area contributed by atoms with Gasteiger partial charge in [-0.2, -0.15) is 5.11 Å². The quantitative estimate of drug-likeness (QED) is 0.0768. The lowest BCUT2D eigenvalue weighted by molar-refractivity contribution is 0.0686. The largest absolute Gasteiger partial charge is 0.456 e. The molecule has 0 fully saturated rings. The molecule has 0 saturated carbocycles. The molecule has 4 aromatic rings. The number of carbonyl (C=O) groups is 1. The van der Waals surface area contributed by atoms with E-state index in [1.807, 2.05) is 40.3 Å². The summed E-state index contributed by atoms with van der Waals surface area (Å²) in [5, 5.41) is 15.7. The van der Waals surface area contributed by atoms with Crippen molar-refractivity contribution in [1.82, 2.24) is 30.1 Å². The molecule has 0 bridgehead atoms. The third-order valence-corrected chi connectivity index (χ3v) is 10.2. The highest BCUT2D eigenvalue weighted by atomic mass is 16.5. The van der Waals surface area contributed by atoms with Crippen LogP contribution in [0.5, 0.6) is 11.5 Å². The van der Waals surface area contributed by atoms with Crippen LogP contribution in [-0.2, 0) is 18.6 Å². The van der Waals surface area contributed by atoms with E-state index >= 15 is 0 Å². The van der Waals surface area contributed by atoms with Crippen LogP contribution in [-0.4, -0.2) is 83.1 Å². The number of nitrogens with zero attached hydrogens (tertiary/aromatic N) is 8. The van der Waals surface area contributed by atoms with Crippen LogP contribution < -0.4 is 19.9 Å². The van der Waals surface area contributed by atoms with Crippen molar-refractivity contribution >= 4 is 17.3 Å². The smallest absolute Gasteiger partial charge is 0.255 e. The molecular formula is C42H48N10O2. The number of carbonyl (C=O) groups excluding carboxylic acids is 1. The third kappa shape index (κ3) is 7.01. The zero-order valence-electron chi connectivity index (χ0n) is 31.5. The predicted octanol–water partition coefficient (Wildman–Crippen LogP) is 6.05. The minimum Gasteiger partial charge on any atom is -0.456 e. The minimum absolute atomic E-state index is 0.0755. The van der Waals surface area contributed by atoms with Gasteiger partial charge in [0.15, 0.2) is 0 Å². The van der Waals surface area contributed by atoms with E-state index in [-0.39, 0.29) is 12.5 Å². The van der Waals surface area contributed by atoms with Gasteiger partial charge in [0, 0.05) is 91.9 Å². The molecule has 3 heterocycles. The van der Waals surface area contributed by atoms with E-state index in [1.54, 1.807) is 10.9 Å². The van der Waals surface area contributed by atoms with Gasteiger partial charge in [0.2, 0.25) is 0 Å². The van der Waals surface area contributed by atoms with Gasteiger partial charge >= 0.3 is 0 Å². The number of benzene rings is 3. The lowest BCUT2D eigenvalue weighted by Gasteiger charge is -2.44. The molecule has 278 valence electrons. The van der Waals surface area contributed by atoms with Crippen LogP contribution in [0.3, 0.4) is 0 Å². The topological polar surface area (TPSA) is 118 Å². The van der Waals surface area contributed by atoms with Crippen molar-refractivity contribution < 1.29 is 9.53 Å². The Morgan fingerprint density at radius 3 is 2.11 bits per heavy atom. The van der Waals surface area contributed by atoms with Crippen LogP contribution in [0.1, 0.15) is 60.4 Å². The first-order chi connectivity index (χ1) is 26.4. The molecule has 0 radical (unpaired) electrons. The fourth-order valence-corrected chi connectivity index (χ4v) is 7.64. The summed E-state index contributed by atoms with van der Waals surface area (Å²) in [5.41, 5.74) is 13.6. The molecule has 2 N–H and O–H groups in total. The monoisotopic (exact) mass is 724 g/mol. The molecule has 12 nitrogen and oxygen atoms in total. The zero-order chi connectivity index (χ0) is 38.2. The number of terminal acetylenes is 2.